The topological polar surface area (TPSA) is 91.3 Å². The molecule has 17 heavy (non-hydrogen) atoms. The molecule has 1 rings (SSSR count). The number of hydrogen-bond donors (Lipinski definition) is 3. The minimum Gasteiger partial charge on any atom is -0.476 e. The maximum Gasteiger partial charge on any atom is 0.356 e. The molecule has 0 aliphatic heterocycles. The Bertz CT molecular complexity index is 407. The summed E-state index contributed by atoms with van der Waals surface area (Å²) in [6, 6.07) is 2.64. The Morgan fingerprint density at radius 2 is 2.24 bits per heavy atom. The fourth-order valence-electron chi connectivity index (χ4n) is 1.22. The van der Waals surface area contributed by atoms with Crippen molar-refractivity contribution in [1.29, 1.82) is 0 Å². The van der Waals surface area contributed by atoms with E-state index in [9.17, 15) is 9.59 Å². The maximum atomic E-state index is 11.4. The van der Waals surface area contributed by atoms with Gasteiger partial charge in [-0.25, -0.2) is 14.6 Å². The maximum absolute atomic E-state index is 11.4. The smallest absolute Gasteiger partial charge is 0.356 e. The lowest BCUT2D eigenvalue weighted by molar-refractivity contribution is 0.0692. The van der Waals surface area contributed by atoms with Gasteiger partial charge in [-0.05, 0) is 18.6 Å². The molecule has 92 valence electrons. The number of carbonyl (C=O) groups is 2. The van der Waals surface area contributed by atoms with Crippen LogP contribution in [-0.2, 0) is 0 Å². The van der Waals surface area contributed by atoms with Gasteiger partial charge in [-0.3, -0.25) is 0 Å². The molecular formula is C11H15N3O3. The molecule has 0 aliphatic rings. The first-order valence-corrected chi connectivity index (χ1v) is 5.38. The van der Waals surface area contributed by atoms with Gasteiger partial charge in [0, 0.05) is 12.7 Å². The summed E-state index contributed by atoms with van der Waals surface area (Å²) >= 11 is 0. The van der Waals surface area contributed by atoms with Gasteiger partial charge in [0.25, 0.3) is 0 Å². The van der Waals surface area contributed by atoms with Crippen molar-refractivity contribution < 1.29 is 14.7 Å². The van der Waals surface area contributed by atoms with Crippen LogP contribution in [0.4, 0.5) is 10.5 Å². The molecule has 6 nitrogen and oxygen atoms in total. The Labute approximate surface area is 99.1 Å². The standard InChI is InChI=1S/C11H15N3O3/c1-2-3-6-13-11(17)14-8-5-4-7-12-9(8)10(15)16/h4-5,7H,2-3,6H2,1H3,(H,15,16)(H2,13,14,17). The minimum absolute atomic E-state index is 0.168. The highest BCUT2D eigenvalue weighted by molar-refractivity contribution is 5.98. The van der Waals surface area contributed by atoms with Crippen molar-refractivity contribution in [2.75, 3.05) is 11.9 Å². The summed E-state index contributed by atoms with van der Waals surface area (Å²) in [6.45, 7) is 2.58. The van der Waals surface area contributed by atoms with Crippen molar-refractivity contribution >= 4 is 17.7 Å². The van der Waals surface area contributed by atoms with Crippen LogP contribution in [0, 0.1) is 0 Å². The fraction of sp³-hybridized carbons (Fsp3) is 0.364. The highest BCUT2D eigenvalue weighted by Crippen LogP contribution is 2.11. The molecule has 0 bridgehead atoms. The van der Waals surface area contributed by atoms with Crippen molar-refractivity contribution in [2.24, 2.45) is 0 Å². The molecule has 0 saturated carbocycles. The zero-order chi connectivity index (χ0) is 12.7. The summed E-state index contributed by atoms with van der Waals surface area (Å²) < 4.78 is 0. The number of anilines is 1. The van der Waals surface area contributed by atoms with Crippen LogP contribution < -0.4 is 10.6 Å². The summed E-state index contributed by atoms with van der Waals surface area (Å²) in [7, 11) is 0. The van der Waals surface area contributed by atoms with E-state index in [4.69, 9.17) is 5.11 Å². The van der Waals surface area contributed by atoms with E-state index in [-0.39, 0.29) is 11.4 Å². The average molecular weight is 237 g/mol. The highest BCUT2D eigenvalue weighted by Gasteiger charge is 2.12. The lowest BCUT2D eigenvalue weighted by Crippen LogP contribution is -2.30. The van der Waals surface area contributed by atoms with Crippen molar-refractivity contribution in [2.45, 2.75) is 19.8 Å². The first kappa shape index (κ1) is 13.0. The molecule has 1 heterocycles. The van der Waals surface area contributed by atoms with Gasteiger partial charge in [0.15, 0.2) is 5.69 Å². The van der Waals surface area contributed by atoms with Gasteiger partial charge in [-0.1, -0.05) is 13.3 Å². The zero-order valence-corrected chi connectivity index (χ0v) is 9.56. The van der Waals surface area contributed by atoms with Crippen molar-refractivity contribution in [3.63, 3.8) is 0 Å². The summed E-state index contributed by atoms with van der Waals surface area (Å²) in [6.07, 6.45) is 3.23. The van der Waals surface area contributed by atoms with Crippen LogP contribution in [0.3, 0.4) is 0 Å². The van der Waals surface area contributed by atoms with Gasteiger partial charge < -0.3 is 15.7 Å². The SMILES string of the molecule is CCCCNC(=O)Nc1cccnc1C(=O)O. The Morgan fingerprint density at radius 1 is 1.47 bits per heavy atom. The molecule has 0 saturated heterocycles. The normalized spacial score (nSPS) is 9.71. The van der Waals surface area contributed by atoms with Crippen LogP contribution in [0.5, 0.6) is 0 Å². The lowest BCUT2D eigenvalue weighted by atomic mass is 10.3. The van der Waals surface area contributed by atoms with E-state index in [0.717, 1.165) is 12.8 Å². The van der Waals surface area contributed by atoms with Crippen LogP contribution in [0.15, 0.2) is 18.3 Å². The van der Waals surface area contributed by atoms with E-state index < -0.39 is 12.0 Å². The third kappa shape index (κ3) is 4.10. The number of amides is 2. The highest BCUT2D eigenvalue weighted by atomic mass is 16.4. The van der Waals surface area contributed by atoms with E-state index in [1.807, 2.05) is 6.92 Å². The minimum atomic E-state index is -1.17. The van der Waals surface area contributed by atoms with E-state index in [2.05, 4.69) is 15.6 Å². The number of aromatic nitrogens is 1. The molecule has 2 amide bonds. The van der Waals surface area contributed by atoms with Crippen molar-refractivity contribution in [3.05, 3.63) is 24.0 Å². The Balaban J connectivity index is 2.61. The molecule has 0 spiro atoms. The number of urea groups is 1. The third-order valence-corrected chi connectivity index (χ3v) is 2.07. The van der Waals surface area contributed by atoms with Gasteiger partial charge in [0.05, 0.1) is 5.69 Å². The predicted molar refractivity (Wildman–Crippen MR) is 63.1 cm³/mol. The number of aromatic carboxylic acids is 1. The number of pyridine rings is 1. The molecule has 1 aromatic rings. The lowest BCUT2D eigenvalue weighted by Gasteiger charge is -2.08. The molecule has 0 aliphatic carbocycles. The molecule has 0 unspecified atom stereocenters. The molecule has 1 aromatic heterocycles. The number of carboxylic acids is 1. The molecule has 0 radical (unpaired) electrons. The second kappa shape index (κ2) is 6.47. The summed E-state index contributed by atoms with van der Waals surface area (Å²) in [5.74, 6) is -1.17. The second-order valence-corrected chi connectivity index (χ2v) is 3.44. The number of rotatable bonds is 5. The average Bonchev–Trinajstić information content (AvgIpc) is 2.29. The van der Waals surface area contributed by atoms with E-state index in [1.165, 1.54) is 12.3 Å². The largest absolute Gasteiger partial charge is 0.476 e. The number of unbranched alkanes of at least 4 members (excludes halogenated alkanes) is 1. The molecule has 3 N–H and O–H groups in total. The van der Waals surface area contributed by atoms with Crippen LogP contribution in [0.2, 0.25) is 0 Å². The first-order chi connectivity index (χ1) is 8.15. The molecule has 0 aromatic carbocycles. The monoisotopic (exact) mass is 237 g/mol. The van der Waals surface area contributed by atoms with E-state index >= 15 is 0 Å². The van der Waals surface area contributed by atoms with Gasteiger partial charge in [0.1, 0.15) is 0 Å². The van der Waals surface area contributed by atoms with Gasteiger partial charge in [-0.2, -0.15) is 0 Å². The summed E-state index contributed by atoms with van der Waals surface area (Å²) in [5.41, 5.74) is 0.0205. The van der Waals surface area contributed by atoms with E-state index in [1.54, 1.807) is 6.07 Å². The second-order valence-electron chi connectivity index (χ2n) is 3.44. The zero-order valence-electron chi connectivity index (χ0n) is 9.56. The van der Waals surface area contributed by atoms with Crippen molar-refractivity contribution in [3.8, 4) is 0 Å². The molecular weight excluding hydrogens is 222 g/mol. The number of nitrogens with one attached hydrogen (secondary N) is 2. The van der Waals surface area contributed by atoms with Gasteiger partial charge >= 0.3 is 12.0 Å². The number of nitrogens with zero attached hydrogens (tertiary/aromatic N) is 1. The Kier molecular flexibility index (Phi) is 4.93. The first-order valence-electron chi connectivity index (χ1n) is 5.38. The van der Waals surface area contributed by atoms with Crippen molar-refractivity contribution in [1.82, 2.24) is 10.3 Å². The molecule has 0 atom stereocenters. The summed E-state index contributed by atoms with van der Waals surface area (Å²) in [4.78, 5) is 25.9. The predicted octanol–water partition coefficient (Wildman–Crippen LogP) is 1.70. The number of hydrogen-bond acceptors (Lipinski definition) is 3. The van der Waals surface area contributed by atoms with Crippen LogP contribution in [0.25, 0.3) is 0 Å². The van der Waals surface area contributed by atoms with Gasteiger partial charge in [-0.15, -0.1) is 0 Å². The Morgan fingerprint density at radius 3 is 2.88 bits per heavy atom. The van der Waals surface area contributed by atoms with Crippen LogP contribution in [-0.4, -0.2) is 28.6 Å². The number of carboxylic acid groups (broad SMARTS) is 1. The quantitative estimate of drug-likeness (QED) is 0.680. The molecule has 0 fully saturated rings. The van der Waals surface area contributed by atoms with E-state index in [0.29, 0.717) is 6.54 Å². The fourth-order valence-corrected chi connectivity index (χ4v) is 1.22. The number of carbonyl (C=O) groups excluding carboxylic acids is 1. The van der Waals surface area contributed by atoms with Crippen LogP contribution >= 0.6 is 0 Å². The Hall–Kier alpha value is -2.11. The third-order valence-electron chi connectivity index (χ3n) is 2.07. The van der Waals surface area contributed by atoms with Crippen LogP contribution in [0.1, 0.15) is 30.3 Å². The van der Waals surface area contributed by atoms with Gasteiger partial charge in [0.2, 0.25) is 0 Å². The molecule has 6 heteroatoms. The summed E-state index contributed by atoms with van der Waals surface area (Å²) in [5, 5.41) is 13.9.